The van der Waals surface area contributed by atoms with Gasteiger partial charge in [-0.3, -0.25) is 0 Å². The largest absolute Gasteiger partial charge is 0.462 e. The number of anilines is 1. The minimum Gasteiger partial charge on any atom is -0.462 e. The van der Waals surface area contributed by atoms with Gasteiger partial charge >= 0.3 is 12.0 Å². The first kappa shape index (κ1) is 21.8. The summed E-state index contributed by atoms with van der Waals surface area (Å²) < 4.78 is 10.9. The Bertz CT molecular complexity index is 1210. The van der Waals surface area contributed by atoms with Crippen LogP contribution in [0, 0.1) is 0 Å². The quantitative estimate of drug-likeness (QED) is 0.397. The van der Waals surface area contributed by atoms with Crippen LogP contribution in [0.4, 0.5) is 10.5 Å². The highest BCUT2D eigenvalue weighted by Crippen LogP contribution is 2.25. The summed E-state index contributed by atoms with van der Waals surface area (Å²) in [7, 11) is 0. The fraction of sp³-hybridized carbons (Fsp3) is 0.120. The highest BCUT2D eigenvalue weighted by atomic mass is 16.5. The van der Waals surface area contributed by atoms with Crippen LogP contribution in [0.3, 0.4) is 0 Å². The lowest BCUT2D eigenvalue weighted by atomic mass is 10.1. The van der Waals surface area contributed by atoms with E-state index in [1.165, 1.54) is 0 Å². The van der Waals surface area contributed by atoms with E-state index in [-0.39, 0.29) is 5.89 Å². The highest BCUT2D eigenvalue weighted by molar-refractivity contribution is 5.92. The molecule has 8 nitrogen and oxygen atoms in total. The van der Waals surface area contributed by atoms with E-state index in [1.807, 2.05) is 60.7 Å². The maximum absolute atomic E-state index is 12.8. The number of ether oxygens (including phenoxy) is 1. The van der Waals surface area contributed by atoms with Crippen LogP contribution in [-0.2, 0) is 4.74 Å². The molecule has 4 rings (SSSR count). The van der Waals surface area contributed by atoms with E-state index in [4.69, 9.17) is 9.15 Å². The number of nitrogens with one attached hydrogen (secondary N) is 2. The lowest BCUT2D eigenvalue weighted by Crippen LogP contribution is -2.33. The molecular formula is C25H22N4O4. The molecule has 0 bridgehead atoms. The molecule has 2 N–H and O–H groups in total. The molecule has 3 aromatic carbocycles. The van der Waals surface area contributed by atoms with E-state index in [0.717, 1.165) is 11.1 Å². The normalized spacial score (nSPS) is 11.4. The second-order valence-electron chi connectivity index (χ2n) is 7.05. The Labute approximate surface area is 190 Å². The molecule has 0 saturated carbocycles. The summed E-state index contributed by atoms with van der Waals surface area (Å²) in [5, 5.41) is 13.9. The van der Waals surface area contributed by atoms with Gasteiger partial charge in [-0.1, -0.05) is 48.5 Å². The Morgan fingerprint density at radius 2 is 1.58 bits per heavy atom. The van der Waals surface area contributed by atoms with Gasteiger partial charge in [0.1, 0.15) is 6.04 Å². The van der Waals surface area contributed by atoms with Crippen molar-refractivity contribution >= 4 is 17.7 Å². The van der Waals surface area contributed by atoms with Gasteiger partial charge in [-0.05, 0) is 48.9 Å². The van der Waals surface area contributed by atoms with Gasteiger partial charge in [-0.15, -0.1) is 10.2 Å². The summed E-state index contributed by atoms with van der Waals surface area (Å²) in [6, 6.07) is 24.1. The molecule has 1 aromatic heterocycles. The van der Waals surface area contributed by atoms with Crippen molar-refractivity contribution in [1.29, 1.82) is 0 Å². The van der Waals surface area contributed by atoms with E-state index < -0.39 is 18.0 Å². The van der Waals surface area contributed by atoms with Gasteiger partial charge in [0.05, 0.1) is 12.2 Å². The van der Waals surface area contributed by atoms with Gasteiger partial charge in [0.15, 0.2) is 0 Å². The third-order valence-corrected chi connectivity index (χ3v) is 4.77. The van der Waals surface area contributed by atoms with Crippen LogP contribution >= 0.6 is 0 Å². The number of aromatic nitrogens is 2. The number of urea groups is 1. The van der Waals surface area contributed by atoms with E-state index in [9.17, 15) is 9.59 Å². The third-order valence-electron chi connectivity index (χ3n) is 4.77. The Kier molecular flexibility index (Phi) is 6.75. The van der Waals surface area contributed by atoms with Gasteiger partial charge in [0.2, 0.25) is 11.8 Å². The lowest BCUT2D eigenvalue weighted by Gasteiger charge is -2.16. The van der Waals surface area contributed by atoms with Crippen molar-refractivity contribution in [2.75, 3.05) is 11.9 Å². The number of nitrogens with zero attached hydrogens (tertiary/aromatic N) is 2. The smallest absolute Gasteiger partial charge is 0.338 e. The van der Waals surface area contributed by atoms with Crippen LogP contribution in [-0.4, -0.2) is 28.8 Å². The van der Waals surface area contributed by atoms with Crippen LogP contribution in [0.15, 0.2) is 89.3 Å². The number of benzene rings is 3. The fourth-order valence-electron chi connectivity index (χ4n) is 3.18. The van der Waals surface area contributed by atoms with Gasteiger partial charge in [-0.2, -0.15) is 0 Å². The molecule has 8 heteroatoms. The van der Waals surface area contributed by atoms with Crippen LogP contribution in [0.25, 0.3) is 11.5 Å². The van der Waals surface area contributed by atoms with Gasteiger partial charge in [0, 0.05) is 11.3 Å². The van der Waals surface area contributed by atoms with E-state index in [1.54, 1.807) is 31.2 Å². The van der Waals surface area contributed by atoms with Gasteiger partial charge in [-0.25, -0.2) is 9.59 Å². The number of rotatable bonds is 7. The first-order valence-corrected chi connectivity index (χ1v) is 10.4. The average Bonchev–Trinajstić information content (AvgIpc) is 3.34. The summed E-state index contributed by atoms with van der Waals surface area (Å²) >= 11 is 0. The molecule has 1 heterocycles. The molecule has 166 valence electrons. The minimum atomic E-state index is -0.657. The summed E-state index contributed by atoms with van der Waals surface area (Å²) in [5.74, 6) is 0.208. The van der Waals surface area contributed by atoms with E-state index >= 15 is 0 Å². The Balaban J connectivity index is 1.51. The zero-order valence-electron chi connectivity index (χ0n) is 17.9. The van der Waals surface area contributed by atoms with Crippen molar-refractivity contribution in [1.82, 2.24) is 15.5 Å². The Morgan fingerprint density at radius 1 is 0.909 bits per heavy atom. The van der Waals surface area contributed by atoms with Gasteiger partial charge < -0.3 is 19.8 Å². The molecule has 0 aliphatic carbocycles. The molecule has 0 fully saturated rings. The molecule has 0 aliphatic rings. The topological polar surface area (TPSA) is 106 Å². The Morgan fingerprint density at radius 3 is 2.24 bits per heavy atom. The van der Waals surface area contributed by atoms with Crippen molar-refractivity contribution in [2.45, 2.75) is 13.0 Å². The predicted octanol–water partition coefficient (Wildman–Crippen LogP) is 4.82. The average molecular weight is 442 g/mol. The maximum Gasteiger partial charge on any atom is 0.338 e. The fourth-order valence-corrected chi connectivity index (χ4v) is 3.18. The highest BCUT2D eigenvalue weighted by Gasteiger charge is 2.23. The number of carbonyl (C=O) groups is 2. The molecule has 33 heavy (non-hydrogen) atoms. The van der Waals surface area contributed by atoms with Crippen molar-refractivity contribution in [3.63, 3.8) is 0 Å². The zero-order chi connectivity index (χ0) is 23.0. The second-order valence-corrected chi connectivity index (χ2v) is 7.05. The summed E-state index contributed by atoms with van der Waals surface area (Å²) in [5.41, 5.74) is 2.50. The molecule has 0 aliphatic heterocycles. The number of carbonyl (C=O) groups excluding carboxylic acids is 2. The first-order chi connectivity index (χ1) is 16.1. The molecule has 0 radical (unpaired) electrons. The number of amides is 2. The summed E-state index contributed by atoms with van der Waals surface area (Å²) in [6.07, 6.45) is 0. The van der Waals surface area contributed by atoms with Crippen molar-refractivity contribution in [3.05, 3.63) is 102 Å². The number of esters is 1. The number of hydrogen-bond donors (Lipinski definition) is 2. The summed E-state index contributed by atoms with van der Waals surface area (Å²) in [4.78, 5) is 24.6. The molecule has 0 saturated heterocycles. The van der Waals surface area contributed by atoms with Crippen LogP contribution in [0.1, 0.15) is 34.8 Å². The van der Waals surface area contributed by atoms with E-state index in [2.05, 4.69) is 20.8 Å². The van der Waals surface area contributed by atoms with Crippen LogP contribution in [0.2, 0.25) is 0 Å². The molecule has 0 spiro atoms. The molecule has 1 atom stereocenters. The molecule has 2 amide bonds. The third kappa shape index (κ3) is 5.43. The summed E-state index contributed by atoms with van der Waals surface area (Å²) in [6.45, 7) is 2.04. The van der Waals surface area contributed by atoms with Gasteiger partial charge in [0.25, 0.3) is 0 Å². The van der Waals surface area contributed by atoms with Crippen molar-refractivity contribution in [2.24, 2.45) is 0 Å². The zero-order valence-corrected chi connectivity index (χ0v) is 17.9. The van der Waals surface area contributed by atoms with E-state index in [0.29, 0.717) is 23.7 Å². The van der Waals surface area contributed by atoms with Crippen molar-refractivity contribution < 1.29 is 18.7 Å². The standard InChI is InChI=1S/C25H22N4O4/c1-2-32-24(30)19-13-15-20(16-14-19)26-25(31)27-21(17-9-5-3-6-10-17)23-29-28-22(33-23)18-11-7-4-8-12-18/h3-16,21H,2H2,1H3,(H2,26,27,31). The van der Waals surface area contributed by atoms with Crippen LogP contribution < -0.4 is 10.6 Å². The SMILES string of the molecule is CCOC(=O)c1ccc(NC(=O)NC(c2ccccc2)c2nnc(-c3ccccc3)o2)cc1. The molecular weight excluding hydrogens is 420 g/mol. The minimum absolute atomic E-state index is 0.257. The molecule has 1 unspecified atom stereocenters. The monoisotopic (exact) mass is 442 g/mol. The lowest BCUT2D eigenvalue weighted by molar-refractivity contribution is 0.0526. The number of hydrogen-bond acceptors (Lipinski definition) is 6. The first-order valence-electron chi connectivity index (χ1n) is 10.4. The predicted molar refractivity (Wildman–Crippen MR) is 123 cm³/mol. The van der Waals surface area contributed by atoms with Crippen molar-refractivity contribution in [3.8, 4) is 11.5 Å². The maximum atomic E-state index is 12.8. The Hall–Kier alpha value is -4.46. The molecule has 4 aromatic rings. The van der Waals surface area contributed by atoms with Crippen LogP contribution in [0.5, 0.6) is 0 Å². The second kappa shape index (κ2) is 10.2.